The highest BCUT2D eigenvalue weighted by Gasteiger charge is 2.32. The van der Waals surface area contributed by atoms with Crippen molar-refractivity contribution < 1.29 is 18.3 Å². The Labute approximate surface area is 157 Å². The van der Waals surface area contributed by atoms with Crippen molar-refractivity contribution in [2.24, 2.45) is 0 Å². The number of aliphatic hydroxyl groups is 1. The third-order valence-corrected chi connectivity index (χ3v) is 4.76. The lowest BCUT2D eigenvalue weighted by molar-refractivity contribution is -0.137. The summed E-state index contributed by atoms with van der Waals surface area (Å²) in [6, 6.07) is 2.95. The molecular weight excluding hydrogens is 373 g/mol. The van der Waals surface area contributed by atoms with Crippen molar-refractivity contribution in [2.45, 2.75) is 37.6 Å². The predicted octanol–water partition coefficient (Wildman–Crippen LogP) is 3.24. The Bertz CT molecular complexity index is 1070. The number of rotatable bonds is 3. The molecular formula is C18H15F3N6O. The number of halogens is 3. The molecule has 2 atom stereocenters. The molecule has 1 saturated carbocycles. The molecule has 1 aliphatic carbocycles. The zero-order valence-electron chi connectivity index (χ0n) is 14.5. The van der Waals surface area contributed by atoms with Crippen molar-refractivity contribution in [3.05, 3.63) is 35.8 Å². The van der Waals surface area contributed by atoms with E-state index in [1.54, 1.807) is 0 Å². The molecule has 0 spiro atoms. The van der Waals surface area contributed by atoms with E-state index in [1.165, 1.54) is 12.4 Å². The normalized spacial score (nSPS) is 19.7. The molecule has 0 saturated heterocycles. The number of nitrogens with zero attached hydrogens (tertiary/aromatic N) is 4. The fourth-order valence-electron chi connectivity index (χ4n) is 3.36. The second-order valence-corrected chi connectivity index (χ2v) is 6.70. The number of anilines is 1. The van der Waals surface area contributed by atoms with Gasteiger partial charge < -0.3 is 15.4 Å². The Hall–Kier alpha value is -3.19. The molecule has 0 amide bonds. The zero-order chi connectivity index (χ0) is 19.9. The maximum atomic E-state index is 13.1. The first-order valence-corrected chi connectivity index (χ1v) is 8.61. The lowest BCUT2D eigenvalue weighted by Crippen LogP contribution is -2.18. The van der Waals surface area contributed by atoms with Gasteiger partial charge in [0.25, 0.3) is 0 Å². The van der Waals surface area contributed by atoms with Crippen LogP contribution in [0.5, 0.6) is 0 Å². The number of hydrogen-bond donors (Lipinski definition) is 3. The van der Waals surface area contributed by atoms with Crippen LogP contribution in [0.1, 0.15) is 30.4 Å². The molecule has 1 aliphatic rings. The molecule has 0 unspecified atom stereocenters. The summed E-state index contributed by atoms with van der Waals surface area (Å²) in [7, 11) is 0. The molecule has 3 aromatic rings. The average molecular weight is 388 g/mol. The van der Waals surface area contributed by atoms with E-state index in [1.807, 2.05) is 6.07 Å². The van der Waals surface area contributed by atoms with E-state index in [0.717, 1.165) is 18.7 Å². The van der Waals surface area contributed by atoms with Gasteiger partial charge in [0.05, 0.1) is 29.1 Å². The fourth-order valence-corrected chi connectivity index (χ4v) is 3.36. The second kappa shape index (κ2) is 6.76. The fraction of sp³-hybridized carbons (Fsp3) is 0.333. The van der Waals surface area contributed by atoms with Gasteiger partial charge in [0, 0.05) is 29.4 Å². The van der Waals surface area contributed by atoms with Crippen LogP contribution in [0.4, 0.5) is 19.1 Å². The van der Waals surface area contributed by atoms with Crippen LogP contribution in [0.3, 0.4) is 0 Å². The van der Waals surface area contributed by atoms with Gasteiger partial charge in [0.1, 0.15) is 11.7 Å². The van der Waals surface area contributed by atoms with Crippen LogP contribution in [0, 0.1) is 11.3 Å². The summed E-state index contributed by atoms with van der Waals surface area (Å²) >= 11 is 0. The first kappa shape index (κ1) is 18.2. The van der Waals surface area contributed by atoms with Gasteiger partial charge in [0.15, 0.2) is 0 Å². The Morgan fingerprint density at radius 1 is 1.25 bits per heavy atom. The summed E-state index contributed by atoms with van der Waals surface area (Å²) in [5.74, 6) is 0.252. The van der Waals surface area contributed by atoms with Gasteiger partial charge in [-0.3, -0.25) is 0 Å². The monoisotopic (exact) mass is 388 g/mol. The van der Waals surface area contributed by atoms with Crippen molar-refractivity contribution >= 4 is 17.0 Å². The van der Waals surface area contributed by atoms with Crippen LogP contribution in [-0.4, -0.2) is 37.2 Å². The number of aliphatic hydroxyl groups excluding tert-OH is 1. The van der Waals surface area contributed by atoms with Crippen molar-refractivity contribution in [2.75, 3.05) is 5.32 Å². The SMILES string of the molecule is N#Cc1cnc(N[C@@H]2CC[C@H](O)C2)nc1-c1c[nH]c2ncc(C(F)(F)F)cc12. The lowest BCUT2D eigenvalue weighted by Gasteiger charge is -2.13. The van der Waals surface area contributed by atoms with Gasteiger partial charge >= 0.3 is 6.18 Å². The van der Waals surface area contributed by atoms with Gasteiger partial charge in [-0.15, -0.1) is 0 Å². The van der Waals surface area contributed by atoms with E-state index < -0.39 is 11.7 Å². The van der Waals surface area contributed by atoms with Crippen molar-refractivity contribution in [3.8, 4) is 17.3 Å². The van der Waals surface area contributed by atoms with Gasteiger partial charge in [0.2, 0.25) is 5.95 Å². The Kier molecular flexibility index (Phi) is 4.39. The van der Waals surface area contributed by atoms with Crippen LogP contribution < -0.4 is 5.32 Å². The van der Waals surface area contributed by atoms with Gasteiger partial charge in [-0.2, -0.15) is 18.4 Å². The molecule has 4 rings (SSSR count). The molecule has 28 heavy (non-hydrogen) atoms. The van der Waals surface area contributed by atoms with E-state index in [2.05, 4.69) is 25.3 Å². The standard InChI is InChI=1S/C18H15F3N6O/c19-18(20,21)10-3-13-14(8-24-16(13)23-7-10)15-9(5-22)6-25-17(27-15)26-11-1-2-12(28)4-11/h3,6-8,11-12,28H,1-2,4H2,(H,23,24)(H,25,26,27)/t11-,12+/m1/s1. The van der Waals surface area contributed by atoms with Gasteiger partial charge in [-0.05, 0) is 25.3 Å². The third-order valence-electron chi connectivity index (χ3n) is 4.76. The summed E-state index contributed by atoms with van der Waals surface area (Å²) in [4.78, 5) is 15.1. The average Bonchev–Trinajstić information content (AvgIpc) is 3.26. The number of H-pyrrole nitrogens is 1. The van der Waals surface area contributed by atoms with Crippen molar-refractivity contribution in [1.82, 2.24) is 19.9 Å². The summed E-state index contributed by atoms with van der Waals surface area (Å²) in [5.41, 5.74) is 0.0638. The highest BCUT2D eigenvalue weighted by molar-refractivity contribution is 5.94. The maximum Gasteiger partial charge on any atom is 0.417 e. The molecule has 3 aromatic heterocycles. The molecule has 0 bridgehead atoms. The van der Waals surface area contributed by atoms with Crippen molar-refractivity contribution in [3.63, 3.8) is 0 Å². The molecule has 0 aromatic carbocycles. The smallest absolute Gasteiger partial charge is 0.393 e. The van der Waals surface area contributed by atoms with Crippen LogP contribution in [0.15, 0.2) is 24.7 Å². The number of nitriles is 1. The van der Waals surface area contributed by atoms with E-state index in [0.29, 0.717) is 18.4 Å². The molecule has 10 heteroatoms. The van der Waals surface area contributed by atoms with Crippen LogP contribution in [-0.2, 0) is 6.18 Å². The number of nitrogens with one attached hydrogen (secondary N) is 2. The van der Waals surface area contributed by atoms with E-state index in [4.69, 9.17) is 0 Å². The molecule has 0 aliphatic heterocycles. The molecule has 1 fully saturated rings. The van der Waals surface area contributed by atoms with Gasteiger partial charge in [-0.1, -0.05) is 0 Å². The molecule has 3 heterocycles. The minimum Gasteiger partial charge on any atom is -0.393 e. The zero-order valence-corrected chi connectivity index (χ0v) is 14.5. The van der Waals surface area contributed by atoms with Gasteiger partial charge in [-0.25, -0.2) is 15.0 Å². The highest BCUT2D eigenvalue weighted by atomic mass is 19.4. The van der Waals surface area contributed by atoms with Crippen molar-refractivity contribution in [1.29, 1.82) is 5.26 Å². The second-order valence-electron chi connectivity index (χ2n) is 6.70. The largest absolute Gasteiger partial charge is 0.417 e. The van der Waals surface area contributed by atoms with E-state index in [-0.39, 0.29) is 40.4 Å². The lowest BCUT2D eigenvalue weighted by atomic mass is 10.1. The van der Waals surface area contributed by atoms with Crippen LogP contribution in [0.25, 0.3) is 22.3 Å². The van der Waals surface area contributed by atoms with E-state index in [9.17, 15) is 23.5 Å². The number of aromatic amines is 1. The molecule has 0 radical (unpaired) electrons. The Morgan fingerprint density at radius 2 is 2.07 bits per heavy atom. The quantitative estimate of drug-likeness (QED) is 0.635. The first-order valence-electron chi connectivity index (χ1n) is 8.61. The van der Waals surface area contributed by atoms with Crippen LogP contribution in [0.2, 0.25) is 0 Å². The minimum absolute atomic E-state index is 0.00254. The number of pyridine rings is 1. The molecule has 144 valence electrons. The Morgan fingerprint density at radius 3 is 2.75 bits per heavy atom. The molecule has 7 nitrogen and oxygen atoms in total. The number of alkyl halides is 3. The number of hydrogen-bond acceptors (Lipinski definition) is 6. The topological polar surface area (TPSA) is 111 Å². The summed E-state index contributed by atoms with van der Waals surface area (Å²) in [6.07, 6.45) is 0.642. The Balaban J connectivity index is 1.77. The minimum atomic E-state index is -4.53. The third kappa shape index (κ3) is 3.36. The summed E-state index contributed by atoms with van der Waals surface area (Å²) in [5, 5.41) is 22.4. The first-order chi connectivity index (χ1) is 13.3. The van der Waals surface area contributed by atoms with E-state index >= 15 is 0 Å². The maximum absolute atomic E-state index is 13.1. The summed E-state index contributed by atoms with van der Waals surface area (Å²) in [6.45, 7) is 0. The number of fused-ring (bicyclic) bond motifs is 1. The molecule has 3 N–H and O–H groups in total. The summed E-state index contributed by atoms with van der Waals surface area (Å²) < 4.78 is 39.2. The predicted molar refractivity (Wildman–Crippen MR) is 94.1 cm³/mol. The van der Waals surface area contributed by atoms with Crippen LogP contribution >= 0.6 is 0 Å². The number of aromatic nitrogens is 4. The highest BCUT2D eigenvalue weighted by Crippen LogP contribution is 2.35.